The molecule has 96 valence electrons. The second-order valence-electron chi connectivity index (χ2n) is 4.25. The maximum Gasteiger partial charge on any atom is 0.373 e. The molecule has 0 spiro atoms. The number of hydrogen-bond donors (Lipinski definition) is 1. The summed E-state index contributed by atoms with van der Waals surface area (Å²) in [6.45, 7) is 4.58. The number of Topliss-reactive ketones (excluding diaryl/α,β-unsaturated/α-hetero) is 1. The molecule has 2 atom stereocenters. The van der Waals surface area contributed by atoms with Crippen LogP contribution in [-0.4, -0.2) is 17.3 Å². The minimum atomic E-state index is -3.50. The third-order valence-electron chi connectivity index (χ3n) is 2.43. The van der Waals surface area contributed by atoms with E-state index in [-0.39, 0.29) is 13.1 Å². The van der Waals surface area contributed by atoms with Gasteiger partial charge < -0.3 is 9.42 Å². The third-order valence-corrected chi connectivity index (χ3v) is 2.98. The second-order valence-corrected chi connectivity index (χ2v) is 6.04. The van der Waals surface area contributed by atoms with Gasteiger partial charge in [0.1, 0.15) is 11.5 Å². The van der Waals surface area contributed by atoms with Crippen molar-refractivity contribution in [1.29, 1.82) is 0 Å². The zero-order chi connectivity index (χ0) is 13.1. The second kappa shape index (κ2) is 5.48. The molecule has 1 aromatic rings. The fourth-order valence-corrected chi connectivity index (χ4v) is 1.89. The third kappa shape index (κ3) is 5.16. The predicted molar refractivity (Wildman–Crippen MR) is 68.5 cm³/mol. The van der Waals surface area contributed by atoms with E-state index < -0.39 is 7.60 Å². The summed E-state index contributed by atoms with van der Waals surface area (Å²) in [7, 11) is -3.50. The lowest BCUT2D eigenvalue weighted by Crippen LogP contribution is -2.09. The molecule has 17 heavy (non-hydrogen) atoms. The smallest absolute Gasteiger partial charge is 0.373 e. The molecular formula is C12H19O4P. The maximum atomic E-state index is 11.1. The van der Waals surface area contributed by atoms with Crippen molar-refractivity contribution in [3.8, 4) is 5.75 Å². The van der Waals surface area contributed by atoms with E-state index in [9.17, 15) is 9.36 Å². The maximum absolute atomic E-state index is 11.1. The molecule has 0 aliphatic heterocycles. The first kappa shape index (κ1) is 13.9. The summed E-state index contributed by atoms with van der Waals surface area (Å²) >= 11 is 0. The molecule has 0 aliphatic rings. The Balaban J connectivity index is 0.00000289. The van der Waals surface area contributed by atoms with Gasteiger partial charge in [-0.15, -0.1) is 0 Å². The molecule has 1 N–H and O–H groups in total. The Bertz CT molecular complexity index is 438. The highest BCUT2D eigenvalue weighted by atomic mass is 31.2. The van der Waals surface area contributed by atoms with Crippen molar-refractivity contribution in [3.05, 3.63) is 29.8 Å². The van der Waals surface area contributed by atoms with Crippen molar-refractivity contribution < 1.29 is 20.2 Å². The molecule has 0 aliphatic carbocycles. The molecule has 0 bridgehead atoms. The zero-order valence-corrected chi connectivity index (χ0v) is 11.1. The molecule has 4 nitrogen and oxygen atoms in total. The van der Waals surface area contributed by atoms with E-state index in [0.717, 1.165) is 12.2 Å². The fourth-order valence-electron chi connectivity index (χ4n) is 1.38. The minimum Gasteiger partial charge on any atom is -0.425 e. The van der Waals surface area contributed by atoms with E-state index in [1.807, 2.05) is 6.92 Å². The van der Waals surface area contributed by atoms with Crippen LogP contribution in [-0.2, 0) is 15.8 Å². The van der Waals surface area contributed by atoms with Gasteiger partial charge in [-0.25, -0.2) is 4.57 Å². The Hall–Kier alpha value is -1.12. The van der Waals surface area contributed by atoms with E-state index in [4.69, 9.17) is 9.42 Å². The van der Waals surface area contributed by atoms with Gasteiger partial charge in [-0.3, -0.25) is 4.79 Å². The number of rotatable bonds is 5. The van der Waals surface area contributed by atoms with Gasteiger partial charge in [0.15, 0.2) is 0 Å². The molecule has 0 fully saturated rings. The average molecular weight is 258 g/mol. The molecule has 0 aromatic heterocycles. The summed E-state index contributed by atoms with van der Waals surface area (Å²) in [6.07, 6.45) is 0.665. The van der Waals surface area contributed by atoms with Crippen molar-refractivity contribution in [2.24, 2.45) is 5.92 Å². The molecule has 0 radical (unpaired) electrons. The SMILES string of the molecule is CC(=O)[C@@H](C)Cc1ccc(OP(C)(=O)O)cc1.[HH]. The monoisotopic (exact) mass is 258 g/mol. The van der Waals surface area contributed by atoms with Crippen LogP contribution in [0.2, 0.25) is 0 Å². The molecule has 0 saturated carbocycles. The van der Waals surface area contributed by atoms with Crippen molar-refractivity contribution in [3.63, 3.8) is 0 Å². The van der Waals surface area contributed by atoms with Gasteiger partial charge >= 0.3 is 7.60 Å². The van der Waals surface area contributed by atoms with E-state index in [1.165, 1.54) is 0 Å². The Kier molecular flexibility index (Phi) is 4.49. The van der Waals surface area contributed by atoms with Crippen molar-refractivity contribution >= 4 is 13.4 Å². The van der Waals surface area contributed by atoms with Crippen LogP contribution in [0.3, 0.4) is 0 Å². The van der Waals surface area contributed by atoms with Gasteiger partial charge in [0.05, 0.1) is 0 Å². The summed E-state index contributed by atoms with van der Waals surface area (Å²) in [6, 6.07) is 6.86. The first-order valence-corrected chi connectivity index (χ1v) is 7.39. The molecule has 1 rings (SSSR count). The summed E-state index contributed by atoms with van der Waals surface area (Å²) < 4.78 is 15.9. The van der Waals surface area contributed by atoms with Gasteiger partial charge in [-0.1, -0.05) is 19.1 Å². The molecule has 1 unspecified atom stereocenters. The topological polar surface area (TPSA) is 63.6 Å². The van der Waals surface area contributed by atoms with Gasteiger partial charge in [-0.2, -0.15) is 0 Å². The number of hydrogen-bond acceptors (Lipinski definition) is 3. The first-order valence-electron chi connectivity index (χ1n) is 5.37. The van der Waals surface area contributed by atoms with Crippen LogP contribution in [0.1, 0.15) is 20.8 Å². The highest BCUT2D eigenvalue weighted by Gasteiger charge is 2.12. The molecule has 5 heteroatoms. The number of benzene rings is 1. The van der Waals surface area contributed by atoms with Gasteiger partial charge in [0.25, 0.3) is 0 Å². The highest BCUT2D eigenvalue weighted by molar-refractivity contribution is 7.52. The van der Waals surface area contributed by atoms with Crippen molar-refractivity contribution in [2.75, 3.05) is 6.66 Å². The van der Waals surface area contributed by atoms with Gasteiger partial charge in [0.2, 0.25) is 0 Å². The number of carbonyl (C=O) groups excluding carboxylic acids is 1. The van der Waals surface area contributed by atoms with Crippen LogP contribution in [0.25, 0.3) is 0 Å². The Morgan fingerprint density at radius 2 is 2.00 bits per heavy atom. The van der Waals surface area contributed by atoms with Crippen LogP contribution < -0.4 is 4.52 Å². The van der Waals surface area contributed by atoms with E-state index >= 15 is 0 Å². The Morgan fingerprint density at radius 3 is 2.41 bits per heavy atom. The molecular weight excluding hydrogens is 239 g/mol. The van der Waals surface area contributed by atoms with E-state index in [1.54, 1.807) is 31.2 Å². The van der Waals surface area contributed by atoms with Crippen molar-refractivity contribution in [2.45, 2.75) is 20.3 Å². The lowest BCUT2D eigenvalue weighted by atomic mass is 9.98. The molecule has 0 heterocycles. The molecule has 0 saturated heterocycles. The predicted octanol–water partition coefficient (Wildman–Crippen LogP) is 2.89. The van der Waals surface area contributed by atoms with Crippen LogP contribution >= 0.6 is 7.60 Å². The average Bonchev–Trinajstić information content (AvgIpc) is 2.18. The van der Waals surface area contributed by atoms with Crippen LogP contribution in [0.4, 0.5) is 0 Å². The Morgan fingerprint density at radius 1 is 1.47 bits per heavy atom. The summed E-state index contributed by atoms with van der Waals surface area (Å²) in [5.74, 6) is 0.494. The summed E-state index contributed by atoms with van der Waals surface area (Å²) in [5, 5.41) is 0. The van der Waals surface area contributed by atoms with Gasteiger partial charge in [0, 0.05) is 14.0 Å². The number of carbonyl (C=O) groups is 1. The van der Waals surface area contributed by atoms with Crippen molar-refractivity contribution in [1.82, 2.24) is 0 Å². The largest absolute Gasteiger partial charge is 0.425 e. The molecule has 1 aromatic carbocycles. The number of ketones is 1. The summed E-state index contributed by atoms with van der Waals surface area (Å²) in [5.41, 5.74) is 1.00. The van der Waals surface area contributed by atoms with Crippen LogP contribution in [0.15, 0.2) is 24.3 Å². The fraction of sp³-hybridized carbons (Fsp3) is 0.417. The molecule has 0 amide bonds. The summed E-state index contributed by atoms with van der Waals surface area (Å²) in [4.78, 5) is 20.2. The van der Waals surface area contributed by atoms with E-state index in [0.29, 0.717) is 12.2 Å². The van der Waals surface area contributed by atoms with E-state index in [2.05, 4.69) is 0 Å². The highest BCUT2D eigenvalue weighted by Crippen LogP contribution is 2.37. The minimum absolute atomic E-state index is 0. The normalized spacial score (nSPS) is 16.0. The quantitative estimate of drug-likeness (QED) is 0.825. The lowest BCUT2D eigenvalue weighted by Gasteiger charge is -2.10. The van der Waals surface area contributed by atoms with Gasteiger partial charge in [-0.05, 0) is 31.0 Å². The Labute approximate surface area is 103 Å². The standard InChI is InChI=1S/C12H17O4P.H2/c1-9(10(2)13)8-11-4-6-12(7-5-11)16-17(3,14)15;/h4-7,9H,8H2,1-3H3,(H,14,15);1H/t9-;/m0./s1. The van der Waals surface area contributed by atoms with Crippen LogP contribution in [0, 0.1) is 5.92 Å². The lowest BCUT2D eigenvalue weighted by molar-refractivity contribution is -0.120. The first-order chi connectivity index (χ1) is 7.78. The van der Waals surface area contributed by atoms with Crippen LogP contribution in [0.5, 0.6) is 5.75 Å². The zero-order valence-electron chi connectivity index (χ0n) is 10.2.